The number of rotatable bonds is 1. The van der Waals surface area contributed by atoms with Gasteiger partial charge in [-0.05, 0) is 12.8 Å². The Kier molecular flexibility index (Phi) is 1.73. The molecule has 6 nitrogen and oxygen atoms in total. The molecule has 4 N–H and O–H groups in total. The van der Waals surface area contributed by atoms with E-state index in [4.69, 9.17) is 5.73 Å². The molecule has 1 spiro atoms. The van der Waals surface area contributed by atoms with E-state index in [1.54, 1.807) is 0 Å². The summed E-state index contributed by atoms with van der Waals surface area (Å²) in [7, 11) is 0. The number of hydrogen-bond donors (Lipinski definition) is 3. The predicted molar refractivity (Wildman–Crippen MR) is 45.8 cm³/mol. The van der Waals surface area contributed by atoms with Crippen LogP contribution in [0.4, 0.5) is 0 Å². The Balaban J connectivity index is 2.07. The van der Waals surface area contributed by atoms with Gasteiger partial charge in [0, 0.05) is 5.92 Å². The van der Waals surface area contributed by atoms with E-state index in [1.165, 1.54) is 0 Å². The lowest BCUT2D eigenvalue weighted by molar-refractivity contribution is -0.147. The molecule has 0 aromatic carbocycles. The molecule has 14 heavy (non-hydrogen) atoms. The van der Waals surface area contributed by atoms with E-state index in [1.807, 2.05) is 0 Å². The van der Waals surface area contributed by atoms with Crippen molar-refractivity contribution in [1.29, 1.82) is 0 Å². The summed E-state index contributed by atoms with van der Waals surface area (Å²) >= 11 is 0. The number of piperazine rings is 1. The lowest BCUT2D eigenvalue weighted by Crippen LogP contribution is -2.71. The zero-order valence-electron chi connectivity index (χ0n) is 7.50. The maximum absolute atomic E-state index is 11.4. The first kappa shape index (κ1) is 8.98. The molecule has 1 heterocycles. The lowest BCUT2D eigenvalue weighted by atomic mass is 9.66. The predicted octanol–water partition coefficient (Wildman–Crippen LogP) is -2.13. The van der Waals surface area contributed by atoms with Crippen molar-refractivity contribution in [1.82, 2.24) is 10.6 Å². The minimum atomic E-state index is -0.866. The number of hydrogen-bond acceptors (Lipinski definition) is 3. The van der Waals surface area contributed by atoms with Crippen LogP contribution in [0.2, 0.25) is 0 Å². The largest absolute Gasteiger partial charge is 0.369 e. The van der Waals surface area contributed by atoms with Crippen LogP contribution < -0.4 is 16.4 Å². The number of carbonyl (C=O) groups excluding carboxylic acids is 3. The summed E-state index contributed by atoms with van der Waals surface area (Å²) in [4.78, 5) is 33.3. The number of nitrogens with one attached hydrogen (secondary N) is 2. The molecule has 1 aliphatic heterocycles. The molecule has 2 rings (SSSR count). The van der Waals surface area contributed by atoms with E-state index < -0.39 is 11.4 Å². The second kappa shape index (κ2) is 2.70. The standard InChI is InChI=1S/C8H11N3O3/c9-6(13)4-1-8(2-4)7(14)10-3-5(12)11-8/h4H,1-3H2,(H2,9,13)(H,10,14)(H,11,12). The Bertz CT molecular complexity index is 320. The highest BCUT2D eigenvalue weighted by atomic mass is 16.2. The van der Waals surface area contributed by atoms with Gasteiger partial charge in [-0.1, -0.05) is 0 Å². The van der Waals surface area contributed by atoms with Gasteiger partial charge in [0.25, 0.3) is 0 Å². The van der Waals surface area contributed by atoms with Gasteiger partial charge in [0.1, 0.15) is 5.54 Å². The Morgan fingerprint density at radius 1 is 1.43 bits per heavy atom. The minimum absolute atomic E-state index is 0.0157. The third kappa shape index (κ3) is 1.14. The Morgan fingerprint density at radius 2 is 2.07 bits per heavy atom. The van der Waals surface area contributed by atoms with Gasteiger partial charge in [-0.3, -0.25) is 14.4 Å². The molecule has 0 aromatic rings. The van der Waals surface area contributed by atoms with E-state index in [0.29, 0.717) is 12.8 Å². The molecule has 2 aliphatic rings. The summed E-state index contributed by atoms with van der Waals surface area (Å²) in [6.45, 7) is 0.0157. The summed E-state index contributed by atoms with van der Waals surface area (Å²) < 4.78 is 0. The summed E-state index contributed by atoms with van der Waals surface area (Å²) in [5, 5.41) is 5.09. The van der Waals surface area contributed by atoms with E-state index in [2.05, 4.69) is 10.6 Å². The van der Waals surface area contributed by atoms with Crippen LogP contribution in [0.5, 0.6) is 0 Å². The Hall–Kier alpha value is -1.59. The summed E-state index contributed by atoms with van der Waals surface area (Å²) in [5.41, 5.74) is 4.22. The topological polar surface area (TPSA) is 101 Å². The molecule has 1 saturated heterocycles. The smallest absolute Gasteiger partial charge is 0.246 e. The fourth-order valence-electron chi connectivity index (χ4n) is 1.97. The average molecular weight is 197 g/mol. The van der Waals surface area contributed by atoms with Gasteiger partial charge in [-0.25, -0.2) is 0 Å². The number of carbonyl (C=O) groups is 3. The highest BCUT2D eigenvalue weighted by Gasteiger charge is 2.54. The van der Waals surface area contributed by atoms with Gasteiger partial charge in [0.2, 0.25) is 17.7 Å². The van der Waals surface area contributed by atoms with Crippen molar-refractivity contribution in [3.63, 3.8) is 0 Å². The van der Waals surface area contributed by atoms with Crippen LogP contribution in [-0.2, 0) is 14.4 Å². The van der Waals surface area contributed by atoms with E-state index in [-0.39, 0.29) is 24.3 Å². The number of nitrogens with two attached hydrogens (primary N) is 1. The highest BCUT2D eigenvalue weighted by molar-refractivity contribution is 6.00. The second-order valence-corrected chi connectivity index (χ2v) is 3.82. The molecule has 0 unspecified atom stereocenters. The van der Waals surface area contributed by atoms with Crippen molar-refractivity contribution in [3.8, 4) is 0 Å². The molecule has 6 heteroatoms. The lowest BCUT2D eigenvalue weighted by Gasteiger charge is -2.47. The van der Waals surface area contributed by atoms with Crippen molar-refractivity contribution >= 4 is 17.7 Å². The maximum atomic E-state index is 11.4. The second-order valence-electron chi connectivity index (χ2n) is 3.82. The summed E-state index contributed by atoms with van der Waals surface area (Å²) in [6.07, 6.45) is 0.639. The number of primary amides is 1. The minimum Gasteiger partial charge on any atom is -0.369 e. The first-order valence-corrected chi connectivity index (χ1v) is 4.42. The van der Waals surface area contributed by atoms with Crippen LogP contribution in [0.25, 0.3) is 0 Å². The fraction of sp³-hybridized carbons (Fsp3) is 0.625. The van der Waals surface area contributed by atoms with Gasteiger partial charge in [-0.15, -0.1) is 0 Å². The van der Waals surface area contributed by atoms with Crippen LogP contribution in [0, 0.1) is 5.92 Å². The molecule has 76 valence electrons. The van der Waals surface area contributed by atoms with Crippen LogP contribution in [0.15, 0.2) is 0 Å². The van der Waals surface area contributed by atoms with Crippen LogP contribution in [0.1, 0.15) is 12.8 Å². The van der Waals surface area contributed by atoms with Crippen molar-refractivity contribution in [2.24, 2.45) is 11.7 Å². The van der Waals surface area contributed by atoms with E-state index >= 15 is 0 Å². The van der Waals surface area contributed by atoms with Crippen LogP contribution in [-0.4, -0.2) is 29.8 Å². The van der Waals surface area contributed by atoms with E-state index in [9.17, 15) is 14.4 Å². The van der Waals surface area contributed by atoms with Crippen molar-refractivity contribution in [2.45, 2.75) is 18.4 Å². The molecular weight excluding hydrogens is 186 g/mol. The summed E-state index contributed by atoms with van der Waals surface area (Å²) in [6, 6.07) is 0. The third-order valence-corrected chi connectivity index (χ3v) is 2.81. The first-order valence-electron chi connectivity index (χ1n) is 4.42. The van der Waals surface area contributed by atoms with Crippen LogP contribution in [0.3, 0.4) is 0 Å². The molecule has 0 aromatic heterocycles. The van der Waals surface area contributed by atoms with Crippen LogP contribution >= 0.6 is 0 Å². The van der Waals surface area contributed by atoms with Gasteiger partial charge < -0.3 is 16.4 Å². The molecule has 1 aliphatic carbocycles. The highest BCUT2D eigenvalue weighted by Crippen LogP contribution is 2.38. The van der Waals surface area contributed by atoms with Crippen molar-refractivity contribution in [2.75, 3.05) is 6.54 Å². The molecule has 0 bridgehead atoms. The third-order valence-electron chi connectivity index (χ3n) is 2.81. The van der Waals surface area contributed by atoms with Gasteiger partial charge >= 0.3 is 0 Å². The van der Waals surface area contributed by atoms with Gasteiger partial charge in [0.05, 0.1) is 6.54 Å². The zero-order chi connectivity index (χ0) is 10.3. The van der Waals surface area contributed by atoms with Gasteiger partial charge in [-0.2, -0.15) is 0 Å². The van der Waals surface area contributed by atoms with Crippen molar-refractivity contribution < 1.29 is 14.4 Å². The monoisotopic (exact) mass is 197 g/mol. The molecular formula is C8H11N3O3. The maximum Gasteiger partial charge on any atom is 0.246 e. The average Bonchev–Trinajstić information content (AvgIpc) is 2.04. The zero-order valence-corrected chi connectivity index (χ0v) is 7.50. The molecule has 0 atom stereocenters. The molecule has 1 saturated carbocycles. The van der Waals surface area contributed by atoms with E-state index in [0.717, 1.165) is 0 Å². The first-order chi connectivity index (χ1) is 6.53. The van der Waals surface area contributed by atoms with Crippen molar-refractivity contribution in [3.05, 3.63) is 0 Å². The number of amides is 3. The molecule has 2 fully saturated rings. The Morgan fingerprint density at radius 3 is 2.64 bits per heavy atom. The fourth-order valence-corrected chi connectivity index (χ4v) is 1.97. The summed E-state index contributed by atoms with van der Waals surface area (Å²) in [5.74, 6) is -1.13. The Labute approximate surface area is 80.2 Å². The normalized spacial score (nSPS) is 35.9. The van der Waals surface area contributed by atoms with Gasteiger partial charge in [0.15, 0.2) is 0 Å². The SMILES string of the molecule is NC(=O)C1CC2(C1)NC(=O)CNC2=O. The quantitative estimate of drug-likeness (QED) is 0.447. The molecule has 3 amide bonds. The molecule has 0 radical (unpaired) electrons.